The van der Waals surface area contributed by atoms with Crippen molar-refractivity contribution >= 4 is 35.5 Å². The second-order valence-corrected chi connectivity index (χ2v) is 8.53. The third kappa shape index (κ3) is 3.67. The van der Waals surface area contributed by atoms with Crippen LogP contribution in [0, 0.1) is 11.8 Å². The van der Waals surface area contributed by atoms with E-state index in [4.69, 9.17) is 4.74 Å². The molecule has 184 valence electrons. The van der Waals surface area contributed by atoms with Crippen LogP contribution in [0.15, 0.2) is 65.8 Å². The molecule has 2 aromatic rings. The highest BCUT2D eigenvalue weighted by Gasteiger charge is 2.64. The minimum absolute atomic E-state index is 0.162. The normalized spacial score (nSPS) is 24.7. The van der Waals surface area contributed by atoms with Crippen LogP contribution in [0.4, 0.5) is 18.9 Å². The van der Waals surface area contributed by atoms with Gasteiger partial charge in [-0.05, 0) is 42.5 Å². The van der Waals surface area contributed by atoms with Crippen molar-refractivity contribution in [3.63, 3.8) is 0 Å². The third-order valence-corrected chi connectivity index (χ3v) is 6.41. The van der Waals surface area contributed by atoms with Gasteiger partial charge in [0.25, 0.3) is 0 Å². The number of hydrogen-bond acceptors (Lipinski definition) is 7. The fourth-order valence-corrected chi connectivity index (χ4v) is 5.01. The first-order chi connectivity index (χ1) is 17.1. The number of ether oxygens (including phenoxy) is 1. The summed E-state index contributed by atoms with van der Waals surface area (Å²) >= 11 is 0. The fraction of sp³-hybridized carbons (Fsp3) is 0.240. The van der Waals surface area contributed by atoms with Gasteiger partial charge in [-0.1, -0.05) is 18.2 Å². The zero-order valence-corrected chi connectivity index (χ0v) is 18.7. The number of halogens is 3. The highest BCUT2D eigenvalue weighted by Crippen LogP contribution is 2.48. The van der Waals surface area contributed by atoms with Crippen molar-refractivity contribution in [1.82, 2.24) is 5.01 Å². The number of allylic oxidation sites excluding steroid dienone is 1. The van der Waals surface area contributed by atoms with Gasteiger partial charge in [0.15, 0.2) is 5.78 Å². The molecule has 0 radical (unpaired) electrons. The molecule has 2 aromatic carbocycles. The number of carbonyl (C=O) groups excluding carboxylic acids is 4. The molecular weight excluding hydrogens is 479 g/mol. The second-order valence-electron chi connectivity index (χ2n) is 8.53. The van der Waals surface area contributed by atoms with Crippen LogP contribution in [-0.4, -0.2) is 46.9 Å². The van der Waals surface area contributed by atoms with E-state index in [1.165, 1.54) is 54.5 Å². The van der Waals surface area contributed by atoms with Crippen LogP contribution >= 0.6 is 0 Å². The number of fused-ring (bicyclic) bond motifs is 3. The number of anilines is 1. The summed E-state index contributed by atoms with van der Waals surface area (Å²) < 4.78 is 46.0. The Hall–Kier alpha value is -4.28. The van der Waals surface area contributed by atoms with Gasteiger partial charge in [0.05, 0.1) is 29.1 Å². The van der Waals surface area contributed by atoms with E-state index in [2.05, 4.69) is 5.10 Å². The number of Topliss-reactive ketones (excluding diaryl/α,β-unsaturated/α-hetero) is 1. The number of hydrazone groups is 1. The molecule has 36 heavy (non-hydrogen) atoms. The molecule has 4 atom stereocenters. The van der Waals surface area contributed by atoms with Gasteiger partial charge in [0, 0.05) is 18.7 Å². The van der Waals surface area contributed by atoms with Gasteiger partial charge in [-0.25, -0.2) is 4.90 Å². The third-order valence-electron chi connectivity index (χ3n) is 6.41. The Morgan fingerprint density at radius 1 is 0.972 bits per heavy atom. The largest absolute Gasteiger partial charge is 0.427 e. The average molecular weight is 497 g/mol. The second kappa shape index (κ2) is 8.43. The van der Waals surface area contributed by atoms with Crippen LogP contribution < -0.4 is 9.64 Å². The monoisotopic (exact) mass is 497 g/mol. The average Bonchev–Trinajstić information content (AvgIpc) is 3.31. The lowest BCUT2D eigenvalue weighted by atomic mass is 9.86. The van der Waals surface area contributed by atoms with Crippen LogP contribution in [-0.2, 0) is 20.6 Å². The topological polar surface area (TPSA) is 96.3 Å². The Morgan fingerprint density at radius 2 is 1.64 bits per heavy atom. The van der Waals surface area contributed by atoms with Crippen LogP contribution in [0.2, 0.25) is 0 Å². The maximum Gasteiger partial charge on any atom is 0.418 e. The number of nitrogens with zero attached hydrogens (tertiary/aromatic N) is 3. The number of para-hydroxylation sites is 1. The van der Waals surface area contributed by atoms with Crippen molar-refractivity contribution in [2.75, 3.05) is 4.90 Å². The molecule has 0 aliphatic carbocycles. The van der Waals surface area contributed by atoms with Crippen molar-refractivity contribution in [3.8, 4) is 5.75 Å². The van der Waals surface area contributed by atoms with Crippen molar-refractivity contribution < 1.29 is 37.1 Å². The van der Waals surface area contributed by atoms with Gasteiger partial charge >= 0.3 is 12.1 Å². The molecule has 0 aromatic heterocycles. The predicted octanol–water partition coefficient (Wildman–Crippen LogP) is 3.23. The van der Waals surface area contributed by atoms with Gasteiger partial charge in [-0.15, -0.1) is 0 Å². The number of amides is 2. The SMILES string of the molecule is CC(=O)Oc1ccc(C(=O)[C@@H]2[C@@H]3C(=O)N(c4ccccc4C(F)(F)F)C(=O)[C@@H]3[C@H]3C=CC=NN32)cc1. The van der Waals surface area contributed by atoms with Crippen molar-refractivity contribution in [3.05, 3.63) is 71.8 Å². The van der Waals surface area contributed by atoms with Crippen LogP contribution in [0.25, 0.3) is 0 Å². The highest BCUT2D eigenvalue weighted by atomic mass is 19.4. The van der Waals surface area contributed by atoms with Gasteiger partial charge in [-0.2, -0.15) is 18.3 Å². The lowest BCUT2D eigenvalue weighted by molar-refractivity contribution is -0.137. The molecule has 11 heteroatoms. The minimum atomic E-state index is -4.80. The number of rotatable bonds is 4. The van der Waals surface area contributed by atoms with E-state index >= 15 is 0 Å². The van der Waals surface area contributed by atoms with E-state index < -0.39 is 64.9 Å². The quantitative estimate of drug-likeness (QED) is 0.279. The zero-order valence-electron chi connectivity index (χ0n) is 18.7. The van der Waals surface area contributed by atoms with Crippen LogP contribution in [0.5, 0.6) is 5.75 Å². The van der Waals surface area contributed by atoms with E-state index in [0.717, 1.165) is 12.1 Å². The van der Waals surface area contributed by atoms with Crippen LogP contribution in [0.1, 0.15) is 22.8 Å². The summed E-state index contributed by atoms with van der Waals surface area (Å²) in [5, 5.41) is 5.57. The molecule has 0 saturated carbocycles. The van der Waals surface area contributed by atoms with E-state index in [0.29, 0.717) is 4.90 Å². The Labute approximate surface area is 202 Å². The molecular formula is C25H18F3N3O5. The molecule has 8 nitrogen and oxygen atoms in total. The Kier molecular flexibility index (Phi) is 5.50. The maximum absolute atomic E-state index is 13.7. The molecule has 0 spiro atoms. The van der Waals surface area contributed by atoms with E-state index in [1.807, 2.05) is 0 Å². The molecule has 0 N–H and O–H groups in total. The van der Waals surface area contributed by atoms with Gasteiger partial charge in [0.2, 0.25) is 11.8 Å². The first-order valence-corrected chi connectivity index (χ1v) is 11.0. The molecule has 3 aliphatic rings. The van der Waals surface area contributed by atoms with Gasteiger partial charge in [0.1, 0.15) is 11.8 Å². The number of imide groups is 1. The summed E-state index contributed by atoms with van der Waals surface area (Å²) in [5.41, 5.74) is -1.53. The summed E-state index contributed by atoms with van der Waals surface area (Å²) in [7, 11) is 0. The Balaban J connectivity index is 1.55. The lowest BCUT2D eigenvalue weighted by Gasteiger charge is -2.30. The van der Waals surface area contributed by atoms with E-state index in [1.54, 1.807) is 12.2 Å². The summed E-state index contributed by atoms with van der Waals surface area (Å²) in [5.74, 6) is -4.93. The zero-order chi connectivity index (χ0) is 25.8. The van der Waals surface area contributed by atoms with Crippen molar-refractivity contribution in [2.45, 2.75) is 25.2 Å². The first-order valence-electron chi connectivity index (χ1n) is 11.0. The molecule has 2 saturated heterocycles. The fourth-order valence-electron chi connectivity index (χ4n) is 5.01. The van der Waals surface area contributed by atoms with E-state index in [9.17, 15) is 32.3 Å². The highest BCUT2D eigenvalue weighted by molar-refractivity contribution is 6.25. The van der Waals surface area contributed by atoms with Crippen molar-refractivity contribution in [1.29, 1.82) is 0 Å². The predicted molar refractivity (Wildman–Crippen MR) is 120 cm³/mol. The number of hydrogen-bond donors (Lipinski definition) is 0. The smallest absolute Gasteiger partial charge is 0.418 e. The van der Waals surface area contributed by atoms with Crippen molar-refractivity contribution in [2.24, 2.45) is 16.9 Å². The number of esters is 1. The Morgan fingerprint density at radius 3 is 2.31 bits per heavy atom. The number of alkyl halides is 3. The molecule has 0 bridgehead atoms. The number of ketones is 1. The first kappa shape index (κ1) is 23.5. The molecule has 3 heterocycles. The summed E-state index contributed by atoms with van der Waals surface area (Å²) in [6, 6.07) is 7.97. The standard InChI is InChI=1S/C25H18F3N3O5/c1-13(32)36-15-10-8-14(9-11-15)22(33)21-20-19(18-7-4-12-29-31(18)21)23(34)30(24(20)35)17-6-3-2-5-16(17)25(26,27)28/h2-12,18-21H,1H3/t18-,19-,20-,21+/m1/s1. The molecule has 0 unspecified atom stereocenters. The Bertz CT molecular complexity index is 1340. The van der Waals surface area contributed by atoms with Gasteiger partial charge in [-0.3, -0.25) is 24.2 Å². The molecule has 2 fully saturated rings. The van der Waals surface area contributed by atoms with Gasteiger partial charge < -0.3 is 4.74 Å². The molecule has 2 amide bonds. The molecule has 5 rings (SSSR count). The lowest BCUT2D eigenvalue weighted by Crippen LogP contribution is -2.46. The number of benzene rings is 2. The molecule has 3 aliphatic heterocycles. The summed E-state index contributed by atoms with van der Waals surface area (Å²) in [6.45, 7) is 1.23. The number of carbonyl (C=O) groups is 4. The summed E-state index contributed by atoms with van der Waals surface area (Å²) in [6.07, 6.45) is -0.225. The minimum Gasteiger partial charge on any atom is -0.427 e. The maximum atomic E-state index is 13.7. The van der Waals surface area contributed by atoms with Crippen LogP contribution in [0.3, 0.4) is 0 Å². The summed E-state index contributed by atoms with van der Waals surface area (Å²) in [4.78, 5) is 52.3. The van der Waals surface area contributed by atoms with E-state index in [-0.39, 0.29) is 11.3 Å².